The largest absolute Gasteiger partial charge is 0.444 e. The number of carbonyl (C=O) groups is 2. The van der Waals surface area contributed by atoms with E-state index in [0.29, 0.717) is 68.6 Å². The lowest BCUT2D eigenvalue weighted by atomic mass is 10.2. The van der Waals surface area contributed by atoms with Crippen LogP contribution in [-0.2, 0) is 18.3 Å². The Hall–Kier alpha value is -9.31. The Balaban J connectivity index is 0.000000174. The van der Waals surface area contributed by atoms with Gasteiger partial charge in [-0.25, -0.2) is 29.5 Å². The maximum absolute atomic E-state index is 11.9. The molecule has 0 aliphatic carbocycles. The Morgan fingerprint density at radius 1 is 0.430 bits per heavy atom. The second kappa shape index (κ2) is 38.0. The number of nitrogens with two attached hydrogens (primary N) is 5. The Labute approximate surface area is 635 Å². The van der Waals surface area contributed by atoms with Crippen LogP contribution < -0.4 is 63.5 Å². The van der Waals surface area contributed by atoms with E-state index in [1.807, 2.05) is 71.9 Å². The third-order valence-corrected chi connectivity index (χ3v) is 29.0. The van der Waals surface area contributed by atoms with Gasteiger partial charge in [0.2, 0.25) is 5.95 Å². The van der Waals surface area contributed by atoms with E-state index < -0.39 is 27.8 Å². The van der Waals surface area contributed by atoms with E-state index in [4.69, 9.17) is 47.0 Å². The predicted molar refractivity (Wildman–Crippen MR) is 434 cm³/mol. The van der Waals surface area contributed by atoms with Gasteiger partial charge in [-0.2, -0.15) is 0 Å². The lowest BCUT2D eigenvalue weighted by Crippen LogP contribution is -2.67. The summed E-state index contributed by atoms with van der Waals surface area (Å²) in [5.74, 6) is 5.60. The van der Waals surface area contributed by atoms with Crippen molar-refractivity contribution >= 4 is 97.4 Å². The van der Waals surface area contributed by atoms with Gasteiger partial charge in [0.1, 0.15) is 40.3 Å². The van der Waals surface area contributed by atoms with Crippen molar-refractivity contribution in [3.63, 3.8) is 0 Å². The first kappa shape index (κ1) is 83.3. The Bertz CT molecular complexity index is 3640. The van der Waals surface area contributed by atoms with Crippen molar-refractivity contribution in [1.82, 2.24) is 65.2 Å². The zero-order valence-corrected chi connectivity index (χ0v) is 67.8. The Kier molecular flexibility index (Phi) is 29.6. The smallest absolute Gasteiger partial charge is 0.410 e. The monoisotopic (exact) mass is 1510 g/mol. The molecule has 5 aliphatic heterocycles. The molecule has 31 heteroatoms. The molecule has 5 fully saturated rings. The molecule has 0 bridgehead atoms. The highest BCUT2D eigenvalue weighted by Gasteiger charge is 2.50. The molecular weight excluding hydrogens is 1390 g/mol. The van der Waals surface area contributed by atoms with Crippen LogP contribution in [-0.4, -0.2) is 229 Å². The average Bonchev–Trinajstić information content (AvgIpc) is 0.922. The van der Waals surface area contributed by atoms with Crippen LogP contribution in [0.4, 0.5) is 67.8 Å². The molecule has 7 aromatic rings. The number of piperazine rings is 3. The van der Waals surface area contributed by atoms with Gasteiger partial charge in [0.15, 0.2) is 25.8 Å². The molecule has 0 saturated carbocycles. The molecule has 5 aliphatic rings. The molecule has 107 heavy (non-hydrogen) atoms. The number of amides is 2. The molecule has 29 nitrogen and oxygen atoms in total. The molecule has 582 valence electrons. The minimum atomic E-state index is -2.47. The van der Waals surface area contributed by atoms with Crippen LogP contribution in [0, 0.1) is 0 Å². The lowest BCUT2D eigenvalue weighted by molar-refractivity contribution is 0.0230. The van der Waals surface area contributed by atoms with E-state index in [0.717, 1.165) is 114 Å². The number of hydrogen-bond donors (Lipinski definition) is 5. The lowest BCUT2D eigenvalue weighted by Gasteiger charge is -2.43. The number of benzene rings is 2. The highest BCUT2D eigenvalue weighted by Crippen LogP contribution is 2.39. The minimum absolute atomic E-state index is 0.00221. The first-order valence-corrected chi connectivity index (χ1v) is 42.3. The van der Waals surface area contributed by atoms with Crippen LogP contribution in [0.25, 0.3) is 0 Å². The second-order valence-corrected chi connectivity index (χ2v) is 41.0. The van der Waals surface area contributed by atoms with Crippen molar-refractivity contribution in [2.45, 2.75) is 156 Å². The summed E-state index contributed by atoms with van der Waals surface area (Å²) in [5.41, 5.74) is 27.7. The summed E-state index contributed by atoms with van der Waals surface area (Å²) in [6, 6.07) is 32.9. The van der Waals surface area contributed by atoms with Crippen LogP contribution in [0.2, 0.25) is 23.2 Å². The fourth-order valence-corrected chi connectivity index (χ4v) is 18.6. The highest BCUT2D eigenvalue weighted by atomic mass is 28.4. The number of ether oxygens (including phenoxy) is 2. The van der Waals surface area contributed by atoms with Gasteiger partial charge in [-0.3, -0.25) is 4.90 Å². The van der Waals surface area contributed by atoms with Gasteiger partial charge in [-0.1, -0.05) is 115 Å². The number of hydrogen-bond acceptors (Lipinski definition) is 27. The quantitative estimate of drug-likeness (QED) is 0.0672. The fourth-order valence-electron chi connectivity index (χ4n) is 12.6. The molecule has 1 atom stereocenters. The van der Waals surface area contributed by atoms with E-state index in [1.54, 1.807) is 34.5 Å². The summed E-state index contributed by atoms with van der Waals surface area (Å²) in [5, 5.41) is 27.2. The van der Waals surface area contributed by atoms with Gasteiger partial charge in [0, 0.05) is 118 Å². The molecule has 1 unspecified atom stereocenters. The number of anilines is 10. The van der Waals surface area contributed by atoms with Gasteiger partial charge >= 0.3 is 12.2 Å². The van der Waals surface area contributed by atoms with Crippen LogP contribution in [0.3, 0.4) is 0 Å². The van der Waals surface area contributed by atoms with Crippen molar-refractivity contribution in [1.29, 1.82) is 0 Å². The van der Waals surface area contributed by atoms with Crippen LogP contribution >= 0.6 is 0 Å². The Morgan fingerprint density at radius 2 is 0.860 bits per heavy atom. The molecule has 2 aromatic carbocycles. The van der Waals surface area contributed by atoms with E-state index in [-0.39, 0.29) is 28.2 Å². The molecular formula is C76H119N23O6Si2. The van der Waals surface area contributed by atoms with Gasteiger partial charge < -0.3 is 81.3 Å². The van der Waals surface area contributed by atoms with Crippen LogP contribution in [0.5, 0.6) is 0 Å². The molecule has 10 N–H and O–H groups in total. The minimum Gasteiger partial charge on any atom is -0.444 e. The van der Waals surface area contributed by atoms with Crippen LogP contribution in [0.1, 0.15) is 115 Å². The van der Waals surface area contributed by atoms with Crippen molar-refractivity contribution in [3.05, 3.63) is 122 Å². The summed E-state index contributed by atoms with van der Waals surface area (Å²) in [6.07, 6.45) is 12.6. The fraction of sp³-hybridized carbons (Fsp3) is 0.553. The zero-order chi connectivity index (χ0) is 77.6. The average molecular weight is 1510 g/mol. The van der Waals surface area contributed by atoms with E-state index >= 15 is 0 Å². The SMILES string of the molecule is CC(C)(C)OC(=O)N1CCN(c2cnc(N)cn2)CC1.CC(C)(C)OC(=O)N1CCN(c2cnc(N)nc2)CC1.CC(C)(C)[Si](C)(C)OC1CCN(c2ccc(N)nn2)C1.CC(C)(C)[Si](OCCN1CCN(c2ccc(N)nn2)CC1)(c1ccccc1)c1ccccc1.Nc1ccc(N2CCCCCC2)nn1. The van der Waals surface area contributed by atoms with Gasteiger partial charge in [0.25, 0.3) is 8.32 Å². The predicted octanol–water partition coefficient (Wildman–Crippen LogP) is 9.09. The summed E-state index contributed by atoms with van der Waals surface area (Å²) in [6.45, 7) is 44.5. The third-order valence-electron chi connectivity index (χ3n) is 19.4. The summed E-state index contributed by atoms with van der Waals surface area (Å²) >= 11 is 0. The number of nitrogens with zero attached hydrogens (tertiary/aromatic N) is 18. The van der Waals surface area contributed by atoms with Gasteiger partial charge in [-0.05, 0) is 131 Å². The van der Waals surface area contributed by atoms with Crippen molar-refractivity contribution in [2.75, 3.05) is 171 Å². The van der Waals surface area contributed by atoms with Crippen molar-refractivity contribution in [3.8, 4) is 0 Å². The van der Waals surface area contributed by atoms with E-state index in [9.17, 15) is 9.59 Å². The molecule has 0 radical (unpaired) electrons. The molecule has 2 amide bonds. The topological polar surface area (TPSA) is 356 Å². The second-order valence-electron chi connectivity index (χ2n) is 31.9. The summed E-state index contributed by atoms with van der Waals surface area (Å²) in [7, 11) is -4.16. The first-order chi connectivity index (χ1) is 50.6. The van der Waals surface area contributed by atoms with E-state index in [2.05, 4.69) is 195 Å². The zero-order valence-electron chi connectivity index (χ0n) is 65.8. The molecule has 5 saturated heterocycles. The maximum atomic E-state index is 11.9. The van der Waals surface area contributed by atoms with Crippen molar-refractivity contribution < 1.29 is 27.9 Å². The summed E-state index contributed by atoms with van der Waals surface area (Å²) < 4.78 is 24.2. The number of aromatic nitrogens is 10. The standard InChI is InChI=1S/C26H35N5OSi.C14H26N4OSi.2C13H21N5O2.C10H16N4/c1-26(2,3)33(22-10-6-4-7-11-22,23-12-8-5-9-13-23)32-21-20-30-16-18-31(19-17-30)25-15-14-24(27)28-29-25;1-14(2,3)20(4,5)19-11-8-9-18(10-11)13-7-6-12(15)16-17-13;1-13(2,3)20-12(19)18-6-4-17(5-7-18)11-9-15-10(14)8-16-11;1-13(2,3)20-12(19)18-6-4-17(5-7-18)10-8-15-11(14)16-9-10;11-9-5-6-10(13-12-9)14-7-3-1-2-4-8-14/h4-15H,16-21H2,1-3H3,(H2,27,28);6-7,11H,8-10H2,1-5H3,(H2,15,16);8-9H,4-7H2,1-3H3,(H2,14,15);8-9H,4-7H2,1-3H3,(H2,14,15,16);5-6H,1-4,7-8H2,(H2,11,12). The highest BCUT2D eigenvalue weighted by molar-refractivity contribution is 6.99. The van der Waals surface area contributed by atoms with Gasteiger partial charge in [0.05, 0.1) is 36.6 Å². The molecule has 12 rings (SSSR count). The third kappa shape index (κ3) is 25.4. The number of rotatable bonds is 13. The maximum Gasteiger partial charge on any atom is 0.410 e. The number of nitrogen functional groups attached to an aromatic ring is 5. The molecule has 5 aromatic heterocycles. The van der Waals surface area contributed by atoms with Gasteiger partial charge in [-0.15, -0.1) is 30.6 Å². The van der Waals surface area contributed by atoms with E-state index in [1.165, 1.54) is 42.3 Å². The van der Waals surface area contributed by atoms with Crippen LogP contribution in [0.15, 0.2) is 122 Å². The number of carbonyl (C=O) groups excluding carboxylic acids is 2. The van der Waals surface area contributed by atoms with Crippen molar-refractivity contribution in [2.24, 2.45) is 0 Å². The first-order valence-electron chi connectivity index (χ1n) is 37.4. The molecule has 10 heterocycles. The normalized spacial score (nSPS) is 17.0. The summed E-state index contributed by atoms with van der Waals surface area (Å²) in [4.78, 5) is 57.0. The molecule has 0 spiro atoms. The Morgan fingerprint density at radius 3 is 1.27 bits per heavy atom.